The average Bonchev–Trinajstić information content (AvgIpc) is 2.63. The fourth-order valence-electron chi connectivity index (χ4n) is 2.57. The van der Waals surface area contributed by atoms with Gasteiger partial charge in [-0.3, -0.25) is 9.78 Å². The number of hydrogen-bond acceptors (Lipinski definition) is 4. The molecule has 2 heterocycles. The van der Waals surface area contributed by atoms with Crippen LogP contribution in [0.25, 0.3) is 0 Å². The summed E-state index contributed by atoms with van der Waals surface area (Å²) in [4.78, 5) is 16.0. The van der Waals surface area contributed by atoms with Crippen LogP contribution in [0.1, 0.15) is 28.8 Å². The van der Waals surface area contributed by atoms with Crippen molar-refractivity contribution in [3.63, 3.8) is 0 Å². The van der Waals surface area contributed by atoms with Crippen molar-refractivity contribution in [2.24, 2.45) is 0 Å². The second-order valence-corrected chi connectivity index (χ2v) is 6.84. The van der Waals surface area contributed by atoms with Gasteiger partial charge in [-0.25, -0.2) is 0 Å². The van der Waals surface area contributed by atoms with Crippen molar-refractivity contribution in [1.29, 1.82) is 0 Å². The van der Waals surface area contributed by atoms with Crippen LogP contribution in [0.3, 0.4) is 0 Å². The van der Waals surface area contributed by atoms with E-state index in [0.29, 0.717) is 11.6 Å². The summed E-state index contributed by atoms with van der Waals surface area (Å²) in [6.45, 7) is 0.877. The minimum atomic E-state index is -0.136. The summed E-state index contributed by atoms with van der Waals surface area (Å²) in [5, 5.41) is 6.50. The molecule has 1 aromatic carbocycles. The van der Waals surface area contributed by atoms with Gasteiger partial charge >= 0.3 is 0 Å². The Labute approximate surface area is 141 Å². The molecule has 1 saturated heterocycles. The molecule has 1 aliphatic rings. The molecular formula is C18H21N3OS. The first-order valence-electron chi connectivity index (χ1n) is 7.93. The van der Waals surface area contributed by atoms with E-state index in [0.717, 1.165) is 12.2 Å². The van der Waals surface area contributed by atoms with Gasteiger partial charge in [0, 0.05) is 36.4 Å². The van der Waals surface area contributed by atoms with Gasteiger partial charge in [0.1, 0.15) is 0 Å². The van der Waals surface area contributed by atoms with E-state index in [9.17, 15) is 4.79 Å². The lowest BCUT2D eigenvalue weighted by Crippen LogP contribution is -2.33. The molecule has 0 unspecified atom stereocenters. The highest BCUT2D eigenvalue weighted by Crippen LogP contribution is 2.17. The van der Waals surface area contributed by atoms with Gasteiger partial charge in [0.05, 0.1) is 5.56 Å². The van der Waals surface area contributed by atoms with Gasteiger partial charge in [0.2, 0.25) is 0 Å². The number of benzene rings is 1. The van der Waals surface area contributed by atoms with Crippen LogP contribution < -0.4 is 10.6 Å². The summed E-state index contributed by atoms with van der Waals surface area (Å²) in [5.41, 5.74) is 2.60. The first kappa shape index (κ1) is 16.0. The summed E-state index contributed by atoms with van der Waals surface area (Å²) in [6, 6.07) is 12.1. The fraction of sp³-hybridized carbons (Fsp3) is 0.333. The number of nitrogens with zero attached hydrogens (tertiary/aromatic N) is 1. The summed E-state index contributed by atoms with van der Waals surface area (Å²) in [6.07, 6.45) is 5.80. The van der Waals surface area contributed by atoms with Crippen LogP contribution >= 0.6 is 11.8 Å². The highest BCUT2D eigenvalue weighted by molar-refractivity contribution is 7.99. The zero-order chi connectivity index (χ0) is 15.9. The molecule has 1 aromatic heterocycles. The number of rotatable bonds is 5. The molecule has 120 valence electrons. The lowest BCUT2D eigenvalue weighted by atomic mass is 10.1. The lowest BCUT2D eigenvalue weighted by molar-refractivity contribution is 0.102. The Bertz CT molecular complexity index is 624. The van der Waals surface area contributed by atoms with Crippen LogP contribution in [-0.4, -0.2) is 28.4 Å². The number of thioether (sulfide) groups is 1. The molecule has 3 rings (SSSR count). The van der Waals surface area contributed by atoms with Crippen molar-refractivity contribution < 1.29 is 4.79 Å². The van der Waals surface area contributed by atoms with Crippen molar-refractivity contribution in [2.45, 2.75) is 25.4 Å². The summed E-state index contributed by atoms with van der Waals surface area (Å²) in [7, 11) is 0. The van der Waals surface area contributed by atoms with Crippen LogP contribution in [0.4, 0.5) is 5.69 Å². The van der Waals surface area contributed by atoms with Crippen LogP contribution in [0.2, 0.25) is 0 Å². The predicted molar refractivity (Wildman–Crippen MR) is 95.8 cm³/mol. The topological polar surface area (TPSA) is 54.0 Å². The van der Waals surface area contributed by atoms with Gasteiger partial charge in [-0.2, -0.15) is 11.8 Å². The van der Waals surface area contributed by atoms with E-state index in [1.807, 2.05) is 23.9 Å². The molecule has 0 radical (unpaired) electrons. The highest BCUT2D eigenvalue weighted by atomic mass is 32.2. The largest absolute Gasteiger partial charge is 0.322 e. The van der Waals surface area contributed by atoms with E-state index in [1.165, 1.54) is 29.9 Å². The third-order valence-corrected chi connectivity index (χ3v) is 5.11. The van der Waals surface area contributed by atoms with Crippen molar-refractivity contribution in [3.05, 3.63) is 59.9 Å². The highest BCUT2D eigenvalue weighted by Gasteiger charge is 2.12. The smallest absolute Gasteiger partial charge is 0.257 e. The van der Waals surface area contributed by atoms with Crippen LogP contribution in [0.5, 0.6) is 0 Å². The van der Waals surface area contributed by atoms with E-state index < -0.39 is 0 Å². The zero-order valence-electron chi connectivity index (χ0n) is 13.0. The monoisotopic (exact) mass is 327 g/mol. The lowest BCUT2D eigenvalue weighted by Gasteiger charge is -2.22. The Balaban J connectivity index is 1.51. The van der Waals surface area contributed by atoms with Crippen LogP contribution in [0.15, 0.2) is 48.8 Å². The summed E-state index contributed by atoms with van der Waals surface area (Å²) in [5.74, 6) is 2.37. The van der Waals surface area contributed by atoms with Crippen molar-refractivity contribution in [3.8, 4) is 0 Å². The number of carbonyl (C=O) groups is 1. The van der Waals surface area contributed by atoms with Gasteiger partial charge < -0.3 is 10.6 Å². The van der Waals surface area contributed by atoms with E-state index in [2.05, 4.69) is 27.8 Å². The Morgan fingerprint density at radius 2 is 2.13 bits per heavy atom. The Morgan fingerprint density at radius 1 is 1.26 bits per heavy atom. The fourth-order valence-corrected chi connectivity index (χ4v) is 3.68. The molecular weight excluding hydrogens is 306 g/mol. The molecule has 1 atom stereocenters. The SMILES string of the molecule is O=C(Nc1ccc(CN[C@@H]2CCCSC2)cc1)c1cccnc1. The average molecular weight is 327 g/mol. The van der Waals surface area contributed by atoms with Crippen molar-refractivity contribution in [2.75, 3.05) is 16.8 Å². The minimum absolute atomic E-state index is 0.136. The normalized spacial score (nSPS) is 17.7. The van der Waals surface area contributed by atoms with Crippen molar-refractivity contribution >= 4 is 23.4 Å². The first-order valence-corrected chi connectivity index (χ1v) is 9.08. The van der Waals surface area contributed by atoms with Gasteiger partial charge in [0.15, 0.2) is 0 Å². The second kappa shape index (κ2) is 8.13. The molecule has 4 nitrogen and oxygen atoms in total. The van der Waals surface area contributed by atoms with Gasteiger partial charge in [-0.05, 0) is 48.4 Å². The Kier molecular flexibility index (Phi) is 5.66. The van der Waals surface area contributed by atoms with E-state index in [1.54, 1.807) is 24.5 Å². The molecule has 0 bridgehead atoms. The Morgan fingerprint density at radius 3 is 2.83 bits per heavy atom. The molecule has 1 fully saturated rings. The molecule has 23 heavy (non-hydrogen) atoms. The van der Waals surface area contributed by atoms with Crippen LogP contribution in [-0.2, 0) is 6.54 Å². The van der Waals surface area contributed by atoms with E-state index in [4.69, 9.17) is 0 Å². The third kappa shape index (κ3) is 4.81. The molecule has 0 spiro atoms. The summed E-state index contributed by atoms with van der Waals surface area (Å²) < 4.78 is 0. The third-order valence-electron chi connectivity index (χ3n) is 3.89. The molecule has 2 N–H and O–H groups in total. The quantitative estimate of drug-likeness (QED) is 0.884. The number of hydrogen-bond donors (Lipinski definition) is 2. The van der Waals surface area contributed by atoms with E-state index >= 15 is 0 Å². The van der Waals surface area contributed by atoms with Crippen molar-refractivity contribution in [1.82, 2.24) is 10.3 Å². The predicted octanol–water partition coefficient (Wildman–Crippen LogP) is 3.32. The number of nitrogens with one attached hydrogen (secondary N) is 2. The van der Waals surface area contributed by atoms with Crippen LogP contribution in [0, 0.1) is 0 Å². The number of carbonyl (C=O) groups excluding carboxylic acids is 1. The number of amides is 1. The molecule has 0 saturated carbocycles. The standard InChI is InChI=1S/C18H21N3OS/c22-18(15-3-1-9-19-12-15)21-16-7-5-14(6-8-16)11-20-17-4-2-10-23-13-17/h1,3,5-9,12,17,20H,2,4,10-11,13H2,(H,21,22)/t17-/m1/s1. The maximum Gasteiger partial charge on any atom is 0.257 e. The Hall–Kier alpha value is -1.85. The molecule has 2 aromatic rings. The van der Waals surface area contributed by atoms with Gasteiger partial charge in [-0.15, -0.1) is 0 Å². The molecule has 5 heteroatoms. The minimum Gasteiger partial charge on any atom is -0.322 e. The first-order chi connectivity index (χ1) is 11.3. The van der Waals surface area contributed by atoms with Gasteiger partial charge in [-0.1, -0.05) is 12.1 Å². The van der Waals surface area contributed by atoms with Gasteiger partial charge in [0.25, 0.3) is 5.91 Å². The molecule has 1 amide bonds. The number of aromatic nitrogens is 1. The molecule has 0 aliphatic carbocycles. The maximum atomic E-state index is 12.1. The number of pyridine rings is 1. The summed E-state index contributed by atoms with van der Waals surface area (Å²) >= 11 is 2.03. The number of anilines is 1. The maximum absolute atomic E-state index is 12.1. The van der Waals surface area contributed by atoms with E-state index in [-0.39, 0.29) is 5.91 Å². The zero-order valence-corrected chi connectivity index (χ0v) is 13.8. The molecule has 1 aliphatic heterocycles. The second-order valence-electron chi connectivity index (χ2n) is 5.69.